The van der Waals surface area contributed by atoms with Crippen LogP contribution in [0, 0.1) is 11.7 Å². The molecular weight excluding hydrogens is 227 g/mol. The van der Waals surface area contributed by atoms with Crippen molar-refractivity contribution < 1.29 is 4.39 Å². The van der Waals surface area contributed by atoms with Crippen LogP contribution in [0.15, 0.2) is 24.3 Å². The van der Waals surface area contributed by atoms with Crippen molar-refractivity contribution >= 4 is 0 Å². The zero-order valence-electron chi connectivity index (χ0n) is 11.1. The van der Waals surface area contributed by atoms with Crippen LogP contribution in [0.25, 0.3) is 0 Å². The van der Waals surface area contributed by atoms with Crippen LogP contribution in [-0.2, 0) is 6.54 Å². The molecule has 2 nitrogen and oxygen atoms in total. The van der Waals surface area contributed by atoms with E-state index in [0.717, 1.165) is 25.2 Å². The van der Waals surface area contributed by atoms with E-state index < -0.39 is 0 Å². The molecule has 0 amide bonds. The molecule has 0 bridgehead atoms. The van der Waals surface area contributed by atoms with E-state index in [4.69, 9.17) is 5.73 Å². The van der Waals surface area contributed by atoms with Gasteiger partial charge in [-0.1, -0.05) is 25.5 Å². The minimum Gasteiger partial charge on any atom is -0.330 e. The highest BCUT2D eigenvalue weighted by molar-refractivity contribution is 5.16. The molecule has 1 aliphatic carbocycles. The Kier molecular flexibility index (Phi) is 4.72. The molecule has 1 saturated carbocycles. The number of rotatable bonds is 5. The first-order valence-electron chi connectivity index (χ1n) is 6.93. The summed E-state index contributed by atoms with van der Waals surface area (Å²) in [6.07, 6.45) is 3.73. The van der Waals surface area contributed by atoms with Crippen molar-refractivity contribution in [1.82, 2.24) is 4.90 Å². The highest BCUT2D eigenvalue weighted by Gasteiger charge is 2.30. The molecule has 0 aliphatic heterocycles. The van der Waals surface area contributed by atoms with Crippen molar-refractivity contribution in [2.75, 3.05) is 13.1 Å². The highest BCUT2D eigenvalue weighted by Crippen LogP contribution is 2.30. The topological polar surface area (TPSA) is 29.3 Å². The van der Waals surface area contributed by atoms with E-state index in [-0.39, 0.29) is 5.82 Å². The summed E-state index contributed by atoms with van der Waals surface area (Å²) in [6.45, 7) is 4.77. The Bertz CT molecular complexity index is 381. The molecule has 2 atom stereocenters. The fourth-order valence-corrected chi connectivity index (χ4v) is 3.11. The van der Waals surface area contributed by atoms with E-state index in [2.05, 4.69) is 11.8 Å². The molecule has 0 aromatic heterocycles. The summed E-state index contributed by atoms with van der Waals surface area (Å²) in [4.78, 5) is 2.44. The van der Waals surface area contributed by atoms with Gasteiger partial charge in [0.2, 0.25) is 0 Å². The van der Waals surface area contributed by atoms with Gasteiger partial charge in [-0.3, -0.25) is 4.90 Å². The molecule has 2 rings (SSSR count). The zero-order valence-corrected chi connectivity index (χ0v) is 11.1. The number of hydrogen-bond donors (Lipinski definition) is 1. The monoisotopic (exact) mass is 250 g/mol. The summed E-state index contributed by atoms with van der Waals surface area (Å²) in [7, 11) is 0. The van der Waals surface area contributed by atoms with Crippen LogP contribution >= 0.6 is 0 Å². The van der Waals surface area contributed by atoms with Gasteiger partial charge in [-0.15, -0.1) is 0 Å². The first-order valence-corrected chi connectivity index (χ1v) is 6.93. The number of nitrogens with two attached hydrogens (primary N) is 1. The van der Waals surface area contributed by atoms with Gasteiger partial charge in [-0.2, -0.15) is 0 Å². The Morgan fingerprint density at radius 1 is 1.39 bits per heavy atom. The van der Waals surface area contributed by atoms with E-state index in [1.54, 1.807) is 12.1 Å². The minimum atomic E-state index is -0.148. The normalized spacial score (nSPS) is 23.8. The molecule has 100 valence electrons. The standard InChI is InChI=1S/C15H23FN2/c1-2-18(15-8-4-6-13(15)10-17)11-12-5-3-7-14(16)9-12/h3,5,7,9,13,15H,2,4,6,8,10-11,17H2,1H3. The lowest BCUT2D eigenvalue weighted by Gasteiger charge is -2.31. The van der Waals surface area contributed by atoms with Crippen molar-refractivity contribution in [2.24, 2.45) is 11.7 Å². The van der Waals surface area contributed by atoms with Crippen LogP contribution in [0.1, 0.15) is 31.7 Å². The number of hydrogen-bond acceptors (Lipinski definition) is 2. The average molecular weight is 250 g/mol. The molecule has 0 saturated heterocycles. The average Bonchev–Trinajstić information content (AvgIpc) is 2.84. The SMILES string of the molecule is CCN(Cc1cccc(F)c1)C1CCCC1CN. The highest BCUT2D eigenvalue weighted by atomic mass is 19.1. The fraction of sp³-hybridized carbons (Fsp3) is 0.600. The van der Waals surface area contributed by atoms with Gasteiger partial charge in [0.25, 0.3) is 0 Å². The van der Waals surface area contributed by atoms with Crippen LogP contribution in [0.3, 0.4) is 0 Å². The third kappa shape index (κ3) is 3.09. The van der Waals surface area contributed by atoms with Gasteiger partial charge >= 0.3 is 0 Å². The van der Waals surface area contributed by atoms with Gasteiger partial charge in [-0.25, -0.2) is 4.39 Å². The van der Waals surface area contributed by atoms with Crippen LogP contribution in [0.4, 0.5) is 4.39 Å². The van der Waals surface area contributed by atoms with Gasteiger partial charge in [0.05, 0.1) is 0 Å². The second-order valence-electron chi connectivity index (χ2n) is 5.19. The Morgan fingerprint density at radius 2 is 2.22 bits per heavy atom. The maximum atomic E-state index is 13.2. The minimum absolute atomic E-state index is 0.148. The van der Waals surface area contributed by atoms with Crippen molar-refractivity contribution in [3.63, 3.8) is 0 Å². The predicted molar refractivity (Wildman–Crippen MR) is 72.7 cm³/mol. The quantitative estimate of drug-likeness (QED) is 0.870. The number of nitrogens with zero attached hydrogens (tertiary/aromatic N) is 1. The molecule has 2 unspecified atom stereocenters. The van der Waals surface area contributed by atoms with Gasteiger partial charge in [0.15, 0.2) is 0 Å². The lowest BCUT2D eigenvalue weighted by Crippen LogP contribution is -2.39. The second kappa shape index (κ2) is 6.30. The van der Waals surface area contributed by atoms with Gasteiger partial charge in [0, 0.05) is 12.6 Å². The van der Waals surface area contributed by atoms with Crippen molar-refractivity contribution in [1.29, 1.82) is 0 Å². The first-order chi connectivity index (χ1) is 8.74. The molecule has 0 spiro atoms. The Morgan fingerprint density at radius 3 is 2.89 bits per heavy atom. The summed E-state index contributed by atoms with van der Waals surface area (Å²) in [5.41, 5.74) is 6.90. The van der Waals surface area contributed by atoms with E-state index in [1.807, 2.05) is 6.07 Å². The molecule has 1 aliphatic rings. The van der Waals surface area contributed by atoms with Crippen molar-refractivity contribution in [2.45, 2.75) is 38.8 Å². The maximum Gasteiger partial charge on any atom is 0.123 e. The van der Waals surface area contributed by atoms with Crippen LogP contribution in [0.2, 0.25) is 0 Å². The summed E-state index contributed by atoms with van der Waals surface area (Å²) in [5, 5.41) is 0. The van der Waals surface area contributed by atoms with Crippen LogP contribution < -0.4 is 5.73 Å². The Hall–Kier alpha value is -0.930. The van der Waals surface area contributed by atoms with E-state index >= 15 is 0 Å². The van der Waals surface area contributed by atoms with Gasteiger partial charge in [-0.05, 0) is 49.5 Å². The van der Waals surface area contributed by atoms with Crippen LogP contribution in [0.5, 0.6) is 0 Å². The van der Waals surface area contributed by atoms with Crippen molar-refractivity contribution in [3.05, 3.63) is 35.6 Å². The zero-order chi connectivity index (χ0) is 13.0. The first kappa shape index (κ1) is 13.5. The third-order valence-electron chi connectivity index (χ3n) is 4.07. The Labute approximate surface area is 109 Å². The van der Waals surface area contributed by atoms with Crippen molar-refractivity contribution in [3.8, 4) is 0 Å². The van der Waals surface area contributed by atoms with E-state index in [0.29, 0.717) is 12.0 Å². The van der Waals surface area contributed by atoms with Gasteiger partial charge < -0.3 is 5.73 Å². The fourth-order valence-electron chi connectivity index (χ4n) is 3.11. The molecule has 18 heavy (non-hydrogen) atoms. The molecular formula is C15H23FN2. The Balaban J connectivity index is 2.05. The molecule has 1 fully saturated rings. The smallest absolute Gasteiger partial charge is 0.123 e. The molecule has 1 aromatic rings. The summed E-state index contributed by atoms with van der Waals surface area (Å²) in [6, 6.07) is 7.49. The lowest BCUT2D eigenvalue weighted by atomic mass is 10.0. The maximum absolute atomic E-state index is 13.2. The second-order valence-corrected chi connectivity index (χ2v) is 5.19. The lowest BCUT2D eigenvalue weighted by molar-refractivity contribution is 0.162. The molecule has 0 heterocycles. The number of benzene rings is 1. The summed E-state index contributed by atoms with van der Waals surface area (Å²) < 4.78 is 13.2. The third-order valence-corrected chi connectivity index (χ3v) is 4.07. The molecule has 0 radical (unpaired) electrons. The van der Waals surface area contributed by atoms with Gasteiger partial charge in [0.1, 0.15) is 5.82 Å². The number of halogens is 1. The van der Waals surface area contributed by atoms with E-state index in [1.165, 1.54) is 25.3 Å². The summed E-state index contributed by atoms with van der Waals surface area (Å²) >= 11 is 0. The molecule has 1 aromatic carbocycles. The molecule has 2 N–H and O–H groups in total. The van der Waals surface area contributed by atoms with Crippen LogP contribution in [-0.4, -0.2) is 24.0 Å². The summed E-state index contributed by atoms with van der Waals surface area (Å²) in [5.74, 6) is 0.462. The molecule has 3 heteroatoms. The predicted octanol–water partition coefficient (Wildman–Crippen LogP) is 2.78. The largest absolute Gasteiger partial charge is 0.330 e. The van der Waals surface area contributed by atoms with E-state index in [9.17, 15) is 4.39 Å².